The Morgan fingerprint density at radius 1 is 1.07 bits per heavy atom. The number of nitrogens with two attached hydrogens (primary N) is 1. The molecule has 0 aromatic heterocycles. The van der Waals surface area contributed by atoms with E-state index in [9.17, 15) is 0 Å². The van der Waals surface area contributed by atoms with Gasteiger partial charge in [-0.2, -0.15) is 0 Å². The van der Waals surface area contributed by atoms with Gasteiger partial charge in [0.1, 0.15) is 5.75 Å². The van der Waals surface area contributed by atoms with Crippen LogP contribution in [0.15, 0.2) is 48.2 Å². The van der Waals surface area contributed by atoms with E-state index in [4.69, 9.17) is 24.7 Å². The molecule has 2 aromatic rings. The first-order chi connectivity index (χ1) is 13.6. The zero-order valence-corrected chi connectivity index (χ0v) is 16.4. The number of hydrogen-bond donors (Lipinski definition) is 2. The molecule has 0 spiro atoms. The van der Waals surface area contributed by atoms with E-state index in [1.807, 2.05) is 43.3 Å². The molecule has 6 heteroatoms. The number of ether oxygens (including phenoxy) is 4. The van der Waals surface area contributed by atoms with E-state index >= 15 is 0 Å². The first-order valence-corrected chi connectivity index (χ1v) is 9.41. The maximum absolute atomic E-state index is 6.40. The zero-order valence-electron chi connectivity index (χ0n) is 16.4. The lowest BCUT2D eigenvalue weighted by Crippen LogP contribution is -2.45. The minimum absolute atomic E-state index is 0.0646. The Balaban J connectivity index is 1.73. The quantitative estimate of drug-likeness (QED) is 0.747. The van der Waals surface area contributed by atoms with Crippen molar-refractivity contribution >= 4 is 11.3 Å². The van der Waals surface area contributed by atoms with Crippen molar-refractivity contribution in [2.75, 3.05) is 33.1 Å². The Hall–Kier alpha value is -2.54. The van der Waals surface area contributed by atoms with Gasteiger partial charge in [-0.1, -0.05) is 18.2 Å². The molecule has 0 aliphatic carbocycles. The fourth-order valence-electron chi connectivity index (χ4n) is 3.85. The Labute approximate surface area is 165 Å². The standard InChI is InChI=1S/C22H26N2O4/c1-13-27-22(28-13)18-11-24-20(12-25-2)21(18)17-10-15(6-9-19(17)23)14-4-7-16(26-3)8-5-14/h4-10,13,18,22,24H,11-12,23H2,1-3H3. The fraction of sp³-hybridized carbons (Fsp3) is 0.364. The van der Waals surface area contributed by atoms with Gasteiger partial charge in [0.2, 0.25) is 0 Å². The van der Waals surface area contributed by atoms with Crippen molar-refractivity contribution in [1.82, 2.24) is 5.32 Å². The average molecular weight is 382 g/mol. The summed E-state index contributed by atoms with van der Waals surface area (Å²) in [7, 11) is 3.36. The van der Waals surface area contributed by atoms with Gasteiger partial charge >= 0.3 is 0 Å². The van der Waals surface area contributed by atoms with Gasteiger partial charge in [-0.15, -0.1) is 0 Å². The van der Waals surface area contributed by atoms with Gasteiger partial charge in [0.15, 0.2) is 12.6 Å². The number of methoxy groups -OCH3 is 2. The van der Waals surface area contributed by atoms with Crippen LogP contribution in [0, 0.1) is 5.92 Å². The smallest absolute Gasteiger partial charge is 0.172 e. The number of rotatable bonds is 6. The highest BCUT2D eigenvalue weighted by Crippen LogP contribution is 2.41. The first-order valence-electron chi connectivity index (χ1n) is 9.41. The second-order valence-corrected chi connectivity index (χ2v) is 7.05. The number of nitrogens with one attached hydrogen (secondary N) is 1. The molecule has 2 aliphatic rings. The van der Waals surface area contributed by atoms with Crippen LogP contribution in [0.4, 0.5) is 5.69 Å². The molecule has 1 atom stereocenters. The summed E-state index contributed by atoms with van der Waals surface area (Å²) >= 11 is 0. The molecule has 1 saturated heterocycles. The van der Waals surface area contributed by atoms with E-state index < -0.39 is 0 Å². The highest BCUT2D eigenvalue weighted by atomic mass is 16.9. The van der Waals surface area contributed by atoms with Crippen molar-refractivity contribution in [2.24, 2.45) is 5.92 Å². The molecule has 0 bridgehead atoms. The molecule has 28 heavy (non-hydrogen) atoms. The van der Waals surface area contributed by atoms with Crippen LogP contribution in [0.1, 0.15) is 12.5 Å². The van der Waals surface area contributed by atoms with Crippen LogP contribution in [0.2, 0.25) is 0 Å². The van der Waals surface area contributed by atoms with Gasteiger partial charge in [0.05, 0.1) is 19.6 Å². The summed E-state index contributed by atoms with van der Waals surface area (Å²) in [6, 6.07) is 14.1. The van der Waals surface area contributed by atoms with E-state index in [1.54, 1.807) is 14.2 Å². The molecular formula is C22H26N2O4. The van der Waals surface area contributed by atoms with Gasteiger partial charge in [0.25, 0.3) is 0 Å². The number of anilines is 1. The molecule has 148 valence electrons. The summed E-state index contributed by atoms with van der Waals surface area (Å²) in [4.78, 5) is 0. The maximum Gasteiger partial charge on any atom is 0.172 e. The van der Waals surface area contributed by atoms with Crippen molar-refractivity contribution in [3.05, 3.63) is 53.7 Å². The second-order valence-electron chi connectivity index (χ2n) is 7.05. The lowest BCUT2D eigenvalue weighted by Gasteiger charge is -2.38. The third-order valence-corrected chi connectivity index (χ3v) is 5.27. The molecule has 2 aromatic carbocycles. The minimum atomic E-state index is -0.268. The molecule has 1 unspecified atom stereocenters. The Kier molecular flexibility index (Phi) is 5.26. The second kappa shape index (κ2) is 7.83. The highest BCUT2D eigenvalue weighted by molar-refractivity contribution is 5.83. The predicted molar refractivity (Wildman–Crippen MR) is 109 cm³/mol. The lowest BCUT2D eigenvalue weighted by molar-refractivity contribution is -0.385. The molecule has 2 heterocycles. The van der Waals surface area contributed by atoms with Crippen LogP contribution in [-0.4, -0.2) is 40.0 Å². The molecule has 0 saturated carbocycles. The Morgan fingerprint density at radius 2 is 1.79 bits per heavy atom. The van der Waals surface area contributed by atoms with Crippen molar-refractivity contribution < 1.29 is 18.9 Å². The lowest BCUT2D eigenvalue weighted by atomic mass is 9.89. The number of hydrogen-bond acceptors (Lipinski definition) is 6. The number of benzene rings is 2. The first kappa shape index (κ1) is 18.8. The van der Waals surface area contributed by atoms with Crippen LogP contribution in [0.25, 0.3) is 16.7 Å². The topological polar surface area (TPSA) is 75.0 Å². The summed E-state index contributed by atoms with van der Waals surface area (Å²) in [5.41, 5.74) is 12.4. The van der Waals surface area contributed by atoms with Crippen LogP contribution < -0.4 is 15.8 Å². The highest BCUT2D eigenvalue weighted by Gasteiger charge is 2.41. The van der Waals surface area contributed by atoms with Crippen LogP contribution in [0.5, 0.6) is 5.75 Å². The summed E-state index contributed by atoms with van der Waals surface area (Å²) in [5, 5.41) is 3.44. The third kappa shape index (κ3) is 3.46. The van der Waals surface area contributed by atoms with Gasteiger partial charge in [-0.05, 0) is 47.9 Å². The summed E-state index contributed by atoms with van der Waals surface area (Å²) in [5.74, 6) is 0.896. The summed E-state index contributed by atoms with van der Waals surface area (Å²) in [6.07, 6.45) is -0.434. The molecule has 0 amide bonds. The zero-order chi connectivity index (χ0) is 19.7. The normalized spacial score (nSPS) is 24.0. The van der Waals surface area contributed by atoms with Gasteiger partial charge < -0.3 is 30.0 Å². The van der Waals surface area contributed by atoms with Crippen molar-refractivity contribution in [2.45, 2.75) is 19.5 Å². The monoisotopic (exact) mass is 382 g/mol. The fourth-order valence-corrected chi connectivity index (χ4v) is 3.85. The molecule has 0 radical (unpaired) electrons. The summed E-state index contributed by atoms with van der Waals surface area (Å²) < 4.78 is 22.2. The predicted octanol–water partition coefficient (Wildman–Crippen LogP) is 3.24. The maximum atomic E-state index is 6.40. The van der Waals surface area contributed by atoms with Crippen LogP contribution in [0.3, 0.4) is 0 Å². The Morgan fingerprint density at radius 3 is 2.43 bits per heavy atom. The van der Waals surface area contributed by atoms with Gasteiger partial charge in [0, 0.05) is 30.6 Å². The van der Waals surface area contributed by atoms with E-state index in [2.05, 4.69) is 11.4 Å². The molecular weight excluding hydrogens is 356 g/mol. The average Bonchev–Trinajstić information content (AvgIpc) is 3.09. The molecule has 1 fully saturated rings. The molecule has 3 N–H and O–H groups in total. The SMILES string of the molecule is COCC1=C(c2cc(-c3ccc(OC)cc3)ccc2N)C(C2OC(C)O2)CN1. The van der Waals surface area contributed by atoms with Crippen molar-refractivity contribution in [3.8, 4) is 16.9 Å². The minimum Gasteiger partial charge on any atom is -0.497 e. The van der Waals surface area contributed by atoms with Crippen LogP contribution >= 0.6 is 0 Å². The molecule has 4 rings (SSSR count). The van der Waals surface area contributed by atoms with E-state index in [1.165, 1.54) is 0 Å². The van der Waals surface area contributed by atoms with Crippen molar-refractivity contribution in [3.63, 3.8) is 0 Å². The van der Waals surface area contributed by atoms with E-state index in [0.29, 0.717) is 6.61 Å². The van der Waals surface area contributed by atoms with Crippen LogP contribution in [-0.2, 0) is 14.2 Å². The largest absolute Gasteiger partial charge is 0.497 e. The summed E-state index contributed by atoms with van der Waals surface area (Å²) in [6.45, 7) is 3.12. The number of nitrogen functional groups attached to an aromatic ring is 1. The molecule has 6 nitrogen and oxygen atoms in total. The third-order valence-electron chi connectivity index (χ3n) is 5.27. The van der Waals surface area contributed by atoms with Gasteiger partial charge in [-0.3, -0.25) is 0 Å². The Bertz CT molecular complexity index is 873. The van der Waals surface area contributed by atoms with Crippen molar-refractivity contribution in [1.29, 1.82) is 0 Å². The van der Waals surface area contributed by atoms with Gasteiger partial charge in [-0.25, -0.2) is 0 Å². The molecule has 2 aliphatic heterocycles. The van der Waals surface area contributed by atoms with E-state index in [-0.39, 0.29) is 18.5 Å². The van der Waals surface area contributed by atoms with E-state index in [0.717, 1.165) is 45.9 Å².